The van der Waals surface area contributed by atoms with Gasteiger partial charge in [-0.05, 0) is 49.9 Å². The number of anilines is 1. The number of hydrogen-bond acceptors (Lipinski definition) is 1. The number of benzene rings is 2. The molecule has 2 aromatic rings. The molecule has 3 rings (SSSR count). The van der Waals surface area contributed by atoms with Crippen molar-refractivity contribution in [2.24, 2.45) is 0 Å². The molecule has 1 saturated heterocycles. The average Bonchev–Trinajstić information content (AvgIpc) is 3.00. The molecule has 4 heteroatoms. The van der Waals surface area contributed by atoms with E-state index in [0.29, 0.717) is 5.02 Å². The standard InChI is InChI=1S/C19H21ClN2O/c1-13-5-3-6-15(11-13)18-7-4-10-22(18)19(23)21-17-12-16(20)9-8-14(17)2/h3,5-6,8-9,11-12,18H,4,7,10H2,1-2H3,(H,21,23)/t18-/m1/s1. The fourth-order valence-electron chi connectivity index (χ4n) is 3.15. The Morgan fingerprint density at radius 1 is 1.22 bits per heavy atom. The largest absolute Gasteiger partial charge is 0.322 e. The average molecular weight is 329 g/mol. The van der Waals surface area contributed by atoms with Crippen LogP contribution in [-0.4, -0.2) is 17.5 Å². The fraction of sp³-hybridized carbons (Fsp3) is 0.316. The zero-order valence-corrected chi connectivity index (χ0v) is 14.2. The topological polar surface area (TPSA) is 32.3 Å². The zero-order valence-electron chi connectivity index (χ0n) is 13.5. The van der Waals surface area contributed by atoms with Gasteiger partial charge in [-0.1, -0.05) is 47.5 Å². The lowest BCUT2D eigenvalue weighted by atomic mass is 10.0. The number of carbonyl (C=O) groups is 1. The first-order chi connectivity index (χ1) is 11.0. The van der Waals surface area contributed by atoms with E-state index in [1.165, 1.54) is 11.1 Å². The maximum absolute atomic E-state index is 12.7. The summed E-state index contributed by atoms with van der Waals surface area (Å²) in [6, 6.07) is 14.0. The van der Waals surface area contributed by atoms with E-state index in [2.05, 4.69) is 36.5 Å². The van der Waals surface area contributed by atoms with Gasteiger partial charge in [-0.25, -0.2) is 4.79 Å². The molecule has 120 valence electrons. The molecule has 1 N–H and O–H groups in total. The van der Waals surface area contributed by atoms with Crippen LogP contribution in [0.15, 0.2) is 42.5 Å². The van der Waals surface area contributed by atoms with Crippen LogP contribution in [0.2, 0.25) is 5.02 Å². The van der Waals surface area contributed by atoms with Crippen LogP contribution in [0.25, 0.3) is 0 Å². The van der Waals surface area contributed by atoms with Crippen LogP contribution in [-0.2, 0) is 0 Å². The van der Waals surface area contributed by atoms with Crippen LogP contribution >= 0.6 is 11.6 Å². The highest BCUT2D eigenvalue weighted by Gasteiger charge is 2.30. The summed E-state index contributed by atoms with van der Waals surface area (Å²) in [5.41, 5.74) is 4.22. The fourth-order valence-corrected chi connectivity index (χ4v) is 3.32. The van der Waals surface area contributed by atoms with E-state index in [-0.39, 0.29) is 12.1 Å². The number of aryl methyl sites for hydroxylation is 2. The van der Waals surface area contributed by atoms with Crippen LogP contribution in [0.3, 0.4) is 0 Å². The molecule has 1 aliphatic rings. The highest BCUT2D eigenvalue weighted by atomic mass is 35.5. The molecule has 1 aliphatic heterocycles. The van der Waals surface area contributed by atoms with E-state index in [0.717, 1.165) is 30.6 Å². The third kappa shape index (κ3) is 3.50. The summed E-state index contributed by atoms with van der Waals surface area (Å²) >= 11 is 6.04. The van der Waals surface area contributed by atoms with Gasteiger partial charge in [0.25, 0.3) is 0 Å². The second-order valence-corrected chi connectivity index (χ2v) is 6.59. The van der Waals surface area contributed by atoms with Crippen molar-refractivity contribution in [3.05, 3.63) is 64.2 Å². The Kier molecular flexibility index (Phi) is 4.58. The lowest BCUT2D eigenvalue weighted by Crippen LogP contribution is -2.34. The monoisotopic (exact) mass is 328 g/mol. The molecular weight excluding hydrogens is 308 g/mol. The molecular formula is C19H21ClN2O. The summed E-state index contributed by atoms with van der Waals surface area (Å²) in [7, 11) is 0. The van der Waals surface area contributed by atoms with Gasteiger partial charge in [0.2, 0.25) is 0 Å². The lowest BCUT2D eigenvalue weighted by Gasteiger charge is -2.26. The minimum absolute atomic E-state index is 0.0561. The molecule has 3 nitrogen and oxygen atoms in total. The number of carbonyl (C=O) groups excluding carboxylic acids is 1. The smallest absolute Gasteiger partial charge is 0.317 e. The van der Waals surface area contributed by atoms with E-state index in [1.807, 2.05) is 24.0 Å². The first-order valence-corrected chi connectivity index (χ1v) is 8.33. The summed E-state index contributed by atoms with van der Waals surface area (Å²) in [4.78, 5) is 14.6. The van der Waals surface area contributed by atoms with Crippen molar-refractivity contribution in [3.8, 4) is 0 Å². The number of hydrogen-bond donors (Lipinski definition) is 1. The second kappa shape index (κ2) is 6.63. The lowest BCUT2D eigenvalue weighted by molar-refractivity contribution is 0.207. The van der Waals surface area contributed by atoms with Crippen molar-refractivity contribution in [1.29, 1.82) is 0 Å². The molecule has 0 radical (unpaired) electrons. The molecule has 2 amide bonds. The van der Waals surface area contributed by atoms with E-state index < -0.39 is 0 Å². The summed E-state index contributed by atoms with van der Waals surface area (Å²) in [5.74, 6) is 0. The maximum atomic E-state index is 12.7. The van der Waals surface area contributed by atoms with Crippen molar-refractivity contribution in [2.45, 2.75) is 32.7 Å². The summed E-state index contributed by atoms with van der Waals surface area (Å²) < 4.78 is 0. The number of rotatable bonds is 2. The molecule has 0 unspecified atom stereocenters. The minimum Gasteiger partial charge on any atom is -0.317 e. The zero-order chi connectivity index (χ0) is 16.4. The minimum atomic E-state index is -0.0561. The van der Waals surface area contributed by atoms with Crippen LogP contribution in [0, 0.1) is 13.8 Å². The summed E-state index contributed by atoms with van der Waals surface area (Å²) in [6.07, 6.45) is 2.03. The SMILES string of the molecule is Cc1cccc([C@H]2CCCN2C(=O)Nc2cc(Cl)ccc2C)c1. The van der Waals surface area contributed by atoms with Gasteiger partial charge in [0, 0.05) is 17.3 Å². The van der Waals surface area contributed by atoms with Gasteiger partial charge in [-0.2, -0.15) is 0 Å². The van der Waals surface area contributed by atoms with Gasteiger partial charge in [-0.3, -0.25) is 0 Å². The number of nitrogens with zero attached hydrogens (tertiary/aromatic N) is 1. The van der Waals surface area contributed by atoms with Crippen molar-refractivity contribution in [2.75, 3.05) is 11.9 Å². The Balaban J connectivity index is 1.79. The van der Waals surface area contributed by atoms with Crippen LogP contribution < -0.4 is 5.32 Å². The summed E-state index contributed by atoms with van der Waals surface area (Å²) in [6.45, 7) is 4.83. The summed E-state index contributed by atoms with van der Waals surface area (Å²) in [5, 5.41) is 3.64. The Bertz CT molecular complexity index is 729. The van der Waals surface area contributed by atoms with Gasteiger partial charge in [0.15, 0.2) is 0 Å². The predicted molar refractivity (Wildman–Crippen MR) is 95.1 cm³/mol. The first kappa shape index (κ1) is 15.9. The molecule has 0 bridgehead atoms. The Morgan fingerprint density at radius 3 is 2.83 bits per heavy atom. The molecule has 0 spiro atoms. The van der Waals surface area contributed by atoms with Crippen LogP contribution in [0.5, 0.6) is 0 Å². The number of urea groups is 1. The highest BCUT2D eigenvalue weighted by Crippen LogP contribution is 2.33. The third-order valence-electron chi connectivity index (χ3n) is 4.38. The van der Waals surface area contributed by atoms with Gasteiger partial charge in [-0.15, -0.1) is 0 Å². The van der Waals surface area contributed by atoms with Gasteiger partial charge in [0.05, 0.1) is 6.04 Å². The van der Waals surface area contributed by atoms with Gasteiger partial charge >= 0.3 is 6.03 Å². The van der Waals surface area contributed by atoms with E-state index in [4.69, 9.17) is 11.6 Å². The van der Waals surface area contributed by atoms with Gasteiger partial charge in [0.1, 0.15) is 0 Å². The predicted octanol–water partition coefficient (Wildman–Crippen LogP) is 5.33. The Hall–Kier alpha value is -2.00. The Labute approximate surface area is 142 Å². The van der Waals surface area contributed by atoms with Crippen molar-refractivity contribution >= 4 is 23.3 Å². The van der Waals surface area contributed by atoms with Crippen molar-refractivity contribution in [3.63, 3.8) is 0 Å². The normalized spacial score (nSPS) is 17.3. The number of halogens is 1. The molecule has 23 heavy (non-hydrogen) atoms. The van der Waals surface area contributed by atoms with Crippen molar-refractivity contribution in [1.82, 2.24) is 4.90 Å². The molecule has 2 aromatic carbocycles. The van der Waals surface area contributed by atoms with Crippen LogP contribution in [0.4, 0.5) is 10.5 Å². The number of amides is 2. The quantitative estimate of drug-likeness (QED) is 0.794. The highest BCUT2D eigenvalue weighted by molar-refractivity contribution is 6.31. The molecule has 1 heterocycles. The third-order valence-corrected chi connectivity index (χ3v) is 4.62. The molecule has 0 saturated carbocycles. The second-order valence-electron chi connectivity index (χ2n) is 6.15. The van der Waals surface area contributed by atoms with Crippen molar-refractivity contribution < 1.29 is 4.79 Å². The van der Waals surface area contributed by atoms with E-state index in [1.54, 1.807) is 6.07 Å². The van der Waals surface area contributed by atoms with Crippen LogP contribution in [0.1, 0.15) is 35.6 Å². The molecule has 1 atom stereocenters. The maximum Gasteiger partial charge on any atom is 0.322 e. The first-order valence-electron chi connectivity index (χ1n) is 7.95. The van der Waals surface area contributed by atoms with E-state index >= 15 is 0 Å². The number of likely N-dealkylation sites (tertiary alicyclic amines) is 1. The number of nitrogens with one attached hydrogen (secondary N) is 1. The molecule has 0 aromatic heterocycles. The molecule has 0 aliphatic carbocycles. The van der Waals surface area contributed by atoms with Gasteiger partial charge < -0.3 is 10.2 Å². The van der Waals surface area contributed by atoms with E-state index in [9.17, 15) is 4.79 Å². The Morgan fingerprint density at radius 2 is 2.04 bits per heavy atom. The molecule has 1 fully saturated rings.